The summed E-state index contributed by atoms with van der Waals surface area (Å²) in [4.78, 5) is 9.22. The van der Waals surface area contributed by atoms with E-state index in [1.807, 2.05) is 0 Å². The first kappa shape index (κ1) is 15.6. The van der Waals surface area contributed by atoms with Crippen LogP contribution in [0, 0.1) is 15.9 Å². The van der Waals surface area contributed by atoms with Crippen molar-refractivity contribution in [3.05, 3.63) is 28.1 Å². The molecular weight excluding hydrogens is 307 g/mol. The number of sulfonamides is 1. The minimum absolute atomic E-state index is 0.322. The van der Waals surface area contributed by atoms with Crippen molar-refractivity contribution in [2.24, 2.45) is 5.14 Å². The van der Waals surface area contributed by atoms with Crippen molar-refractivity contribution < 1.29 is 27.2 Å². The first-order valence-corrected chi connectivity index (χ1v) is 7.59. The molecule has 1 fully saturated rings. The summed E-state index contributed by atoms with van der Waals surface area (Å²) in [5.41, 5.74) is -0.646. The lowest BCUT2D eigenvalue weighted by Gasteiger charge is -2.23. The summed E-state index contributed by atoms with van der Waals surface area (Å²) < 4.78 is 46.7. The monoisotopic (exact) mass is 320 g/mol. The quantitative estimate of drug-likeness (QED) is 0.650. The molecule has 0 aliphatic carbocycles. The number of benzene rings is 1. The van der Waals surface area contributed by atoms with Gasteiger partial charge in [-0.15, -0.1) is 0 Å². The lowest BCUT2D eigenvalue weighted by Crippen LogP contribution is -2.26. The van der Waals surface area contributed by atoms with Crippen LogP contribution in [0.3, 0.4) is 0 Å². The van der Waals surface area contributed by atoms with Crippen LogP contribution in [0.15, 0.2) is 17.0 Å². The Morgan fingerprint density at radius 1 is 1.38 bits per heavy atom. The van der Waals surface area contributed by atoms with Gasteiger partial charge >= 0.3 is 5.69 Å². The van der Waals surface area contributed by atoms with Crippen molar-refractivity contribution in [1.82, 2.24) is 0 Å². The Kier molecular flexibility index (Phi) is 4.40. The van der Waals surface area contributed by atoms with E-state index in [2.05, 4.69) is 0 Å². The van der Waals surface area contributed by atoms with Crippen molar-refractivity contribution in [1.29, 1.82) is 0 Å². The second kappa shape index (κ2) is 5.92. The molecule has 2 rings (SSSR count). The molecule has 0 atom stereocenters. The van der Waals surface area contributed by atoms with Gasteiger partial charge < -0.3 is 9.47 Å². The molecule has 2 N–H and O–H groups in total. The molecule has 10 heteroatoms. The van der Waals surface area contributed by atoms with E-state index in [4.69, 9.17) is 14.6 Å². The SMILES string of the molecule is NS(=O)(=O)c1cc([N+](=O)[O-])c(OC2CCOCC2)cc1F. The van der Waals surface area contributed by atoms with Crippen LogP contribution >= 0.6 is 0 Å². The highest BCUT2D eigenvalue weighted by molar-refractivity contribution is 7.89. The van der Waals surface area contributed by atoms with Crippen molar-refractivity contribution >= 4 is 15.7 Å². The topological polar surface area (TPSA) is 122 Å². The zero-order valence-corrected chi connectivity index (χ0v) is 11.6. The van der Waals surface area contributed by atoms with Crippen LogP contribution in [0.5, 0.6) is 5.75 Å². The molecule has 0 bridgehead atoms. The van der Waals surface area contributed by atoms with Gasteiger partial charge in [0.2, 0.25) is 10.0 Å². The number of halogens is 1. The number of primary sulfonamides is 1. The highest BCUT2D eigenvalue weighted by atomic mass is 32.2. The largest absolute Gasteiger partial charge is 0.483 e. The van der Waals surface area contributed by atoms with E-state index in [-0.39, 0.29) is 11.9 Å². The van der Waals surface area contributed by atoms with Crippen LogP contribution < -0.4 is 9.88 Å². The van der Waals surface area contributed by atoms with Crippen LogP contribution in [0.25, 0.3) is 0 Å². The first-order valence-electron chi connectivity index (χ1n) is 6.04. The fourth-order valence-electron chi connectivity index (χ4n) is 1.95. The zero-order valence-electron chi connectivity index (χ0n) is 10.8. The zero-order chi connectivity index (χ0) is 15.6. The van der Waals surface area contributed by atoms with E-state index in [1.54, 1.807) is 0 Å². The molecule has 0 amide bonds. The summed E-state index contributed by atoms with van der Waals surface area (Å²) in [5.74, 6) is -1.51. The molecule has 1 aromatic rings. The lowest BCUT2D eigenvalue weighted by atomic mass is 10.1. The molecule has 1 aromatic carbocycles. The normalized spacial score (nSPS) is 16.7. The number of nitro benzene ring substituents is 1. The fourth-order valence-corrected chi connectivity index (χ4v) is 2.56. The van der Waals surface area contributed by atoms with E-state index >= 15 is 0 Å². The van der Waals surface area contributed by atoms with Crippen molar-refractivity contribution in [3.63, 3.8) is 0 Å². The second-order valence-electron chi connectivity index (χ2n) is 4.48. The summed E-state index contributed by atoms with van der Waals surface area (Å²) in [6, 6.07) is 1.24. The van der Waals surface area contributed by atoms with Gasteiger partial charge in [-0.3, -0.25) is 10.1 Å². The van der Waals surface area contributed by atoms with Gasteiger partial charge in [0.05, 0.1) is 18.1 Å². The van der Waals surface area contributed by atoms with Crippen LogP contribution in [-0.4, -0.2) is 32.7 Å². The van der Waals surface area contributed by atoms with Gasteiger partial charge in [0, 0.05) is 25.0 Å². The lowest BCUT2D eigenvalue weighted by molar-refractivity contribution is -0.386. The average Bonchev–Trinajstić information content (AvgIpc) is 2.38. The highest BCUT2D eigenvalue weighted by Gasteiger charge is 2.27. The summed E-state index contributed by atoms with van der Waals surface area (Å²) in [5, 5.41) is 15.8. The molecule has 0 unspecified atom stereocenters. The van der Waals surface area contributed by atoms with Crippen LogP contribution in [0.1, 0.15) is 12.8 Å². The molecule has 1 aliphatic rings. The molecule has 21 heavy (non-hydrogen) atoms. The molecule has 1 aliphatic heterocycles. The third-order valence-electron chi connectivity index (χ3n) is 2.98. The molecule has 0 aromatic heterocycles. The van der Waals surface area contributed by atoms with Crippen LogP contribution in [0.4, 0.5) is 10.1 Å². The molecule has 1 saturated heterocycles. The van der Waals surface area contributed by atoms with Crippen molar-refractivity contribution in [2.75, 3.05) is 13.2 Å². The Labute approximate surface area is 119 Å². The first-order chi connectivity index (χ1) is 9.79. The van der Waals surface area contributed by atoms with Crippen molar-refractivity contribution in [2.45, 2.75) is 23.8 Å². The molecule has 116 valence electrons. The number of nitrogens with two attached hydrogens (primary N) is 1. The Hall–Kier alpha value is -1.78. The van der Waals surface area contributed by atoms with Gasteiger partial charge in [0.15, 0.2) is 5.75 Å². The van der Waals surface area contributed by atoms with E-state index in [0.717, 1.165) is 0 Å². The second-order valence-corrected chi connectivity index (χ2v) is 6.01. The summed E-state index contributed by atoms with van der Waals surface area (Å²) in [6.07, 6.45) is 0.669. The van der Waals surface area contributed by atoms with Gasteiger partial charge in [0.25, 0.3) is 0 Å². The molecule has 1 heterocycles. The smallest absolute Gasteiger partial charge is 0.312 e. The Bertz CT molecular complexity index is 657. The number of ether oxygens (including phenoxy) is 2. The molecule has 8 nitrogen and oxygen atoms in total. The Morgan fingerprint density at radius 3 is 2.52 bits per heavy atom. The van der Waals surface area contributed by atoms with E-state index in [0.29, 0.717) is 38.2 Å². The third-order valence-corrected chi connectivity index (χ3v) is 3.90. The van der Waals surface area contributed by atoms with Crippen LogP contribution in [-0.2, 0) is 14.8 Å². The average molecular weight is 320 g/mol. The maximum absolute atomic E-state index is 13.8. The van der Waals surface area contributed by atoms with E-state index < -0.39 is 31.3 Å². The Morgan fingerprint density at radius 2 is 2.00 bits per heavy atom. The van der Waals surface area contributed by atoms with E-state index in [1.165, 1.54) is 0 Å². The fraction of sp³-hybridized carbons (Fsp3) is 0.455. The van der Waals surface area contributed by atoms with Crippen LogP contribution in [0.2, 0.25) is 0 Å². The molecule has 0 spiro atoms. The minimum Gasteiger partial charge on any atom is -0.483 e. The van der Waals surface area contributed by atoms with E-state index in [9.17, 15) is 22.9 Å². The number of hydrogen-bond donors (Lipinski definition) is 1. The highest BCUT2D eigenvalue weighted by Crippen LogP contribution is 2.33. The standard InChI is InChI=1S/C11H13FN2O6S/c12-8-5-10(20-7-1-3-19-4-2-7)9(14(15)16)6-11(8)21(13,17)18/h5-7H,1-4H2,(H2,13,17,18). The van der Waals surface area contributed by atoms with Gasteiger partial charge in [-0.2, -0.15) is 0 Å². The predicted octanol–water partition coefficient (Wildman–Crippen LogP) is 0.939. The Balaban J connectivity index is 2.40. The molecular formula is C11H13FN2O6S. The summed E-state index contributed by atoms with van der Waals surface area (Å²) >= 11 is 0. The predicted molar refractivity (Wildman–Crippen MR) is 68.9 cm³/mol. The maximum Gasteiger partial charge on any atom is 0.312 e. The van der Waals surface area contributed by atoms with Gasteiger partial charge in [-0.05, 0) is 0 Å². The van der Waals surface area contributed by atoms with Gasteiger partial charge in [-0.25, -0.2) is 17.9 Å². The number of rotatable bonds is 4. The summed E-state index contributed by atoms with van der Waals surface area (Å²) in [7, 11) is -4.39. The maximum atomic E-state index is 13.8. The van der Waals surface area contributed by atoms with Gasteiger partial charge in [0.1, 0.15) is 16.8 Å². The number of nitro groups is 1. The van der Waals surface area contributed by atoms with Gasteiger partial charge in [-0.1, -0.05) is 0 Å². The minimum atomic E-state index is -4.39. The third kappa shape index (κ3) is 3.65. The summed E-state index contributed by atoms with van der Waals surface area (Å²) in [6.45, 7) is 0.881. The number of nitrogens with zero attached hydrogens (tertiary/aromatic N) is 1. The van der Waals surface area contributed by atoms with Crippen molar-refractivity contribution in [3.8, 4) is 5.75 Å². The number of hydrogen-bond acceptors (Lipinski definition) is 6. The molecule has 0 saturated carbocycles. The molecule has 0 radical (unpaired) electrons.